The maximum Gasteiger partial charge on any atom is 0.205 e. The zero-order valence-corrected chi connectivity index (χ0v) is 8.91. The molecular weight excluding hydrogens is 226 g/mol. The fourth-order valence-electron chi connectivity index (χ4n) is 0.593. The van der Waals surface area contributed by atoms with E-state index in [9.17, 15) is 0 Å². The van der Waals surface area contributed by atoms with Gasteiger partial charge in [-0.2, -0.15) is 0 Å². The third kappa shape index (κ3) is 3.29. The number of thioether (sulfide) groups is 1. The van der Waals surface area contributed by atoms with Gasteiger partial charge in [-0.1, -0.05) is 13.8 Å². The lowest BCUT2D eigenvalue weighted by atomic mass is 10.6. The topological polar surface area (TPSA) is 26.0 Å². The molecule has 1 aromatic heterocycles. The lowest BCUT2D eigenvalue weighted by Crippen LogP contribution is -1.88. The van der Waals surface area contributed by atoms with Crippen molar-refractivity contribution >= 4 is 27.7 Å². The Bertz CT molecular complexity index is 224. The maximum atomic E-state index is 5.14. The number of nitrogens with zero attached hydrogens (tertiary/aromatic N) is 1. The molecule has 11 heavy (non-hydrogen) atoms. The molecule has 0 spiro atoms. The predicted octanol–water partition coefficient (Wildman–Crippen LogP) is 3.08. The summed E-state index contributed by atoms with van der Waals surface area (Å²) in [5.74, 6) is 1.64. The summed E-state index contributed by atoms with van der Waals surface area (Å²) in [5.41, 5.74) is 0. The second-order valence-electron chi connectivity index (χ2n) is 2.42. The summed E-state index contributed by atoms with van der Waals surface area (Å²) in [5, 5.41) is 0.626. The number of hydrogen-bond acceptors (Lipinski definition) is 3. The highest BCUT2D eigenvalue weighted by molar-refractivity contribution is 9.10. The molecule has 2 nitrogen and oxygen atoms in total. The molecule has 0 amide bonds. The van der Waals surface area contributed by atoms with E-state index in [4.69, 9.17) is 4.42 Å². The third-order valence-electron chi connectivity index (χ3n) is 1.06. The van der Waals surface area contributed by atoms with Gasteiger partial charge in [0.05, 0.1) is 5.75 Å². The molecule has 1 heterocycles. The molecule has 1 aromatic rings. The summed E-state index contributed by atoms with van der Waals surface area (Å²) in [4.78, 5) is 4.11. The van der Waals surface area contributed by atoms with Gasteiger partial charge < -0.3 is 4.42 Å². The predicted molar refractivity (Wildman–Crippen MR) is 50.6 cm³/mol. The van der Waals surface area contributed by atoms with Crippen molar-refractivity contribution in [3.05, 3.63) is 16.8 Å². The Kier molecular flexibility index (Phi) is 3.45. The van der Waals surface area contributed by atoms with Crippen molar-refractivity contribution in [3.8, 4) is 0 Å². The van der Waals surface area contributed by atoms with Crippen LogP contribution in [0.15, 0.2) is 15.3 Å². The Balaban J connectivity index is 2.39. The molecule has 0 unspecified atom stereocenters. The van der Waals surface area contributed by atoms with Crippen LogP contribution in [0.1, 0.15) is 19.7 Å². The van der Waals surface area contributed by atoms with Gasteiger partial charge in [-0.3, -0.25) is 0 Å². The van der Waals surface area contributed by atoms with Gasteiger partial charge in [0, 0.05) is 0 Å². The number of halogens is 1. The average molecular weight is 236 g/mol. The maximum absolute atomic E-state index is 5.14. The van der Waals surface area contributed by atoms with Crippen LogP contribution in [0.5, 0.6) is 0 Å². The summed E-state index contributed by atoms with van der Waals surface area (Å²) in [6.07, 6.45) is 1.61. The van der Waals surface area contributed by atoms with Crippen LogP contribution in [-0.4, -0.2) is 10.2 Å². The number of aromatic nitrogens is 1. The van der Waals surface area contributed by atoms with Crippen molar-refractivity contribution in [2.24, 2.45) is 0 Å². The first-order valence-electron chi connectivity index (χ1n) is 3.40. The van der Waals surface area contributed by atoms with E-state index in [1.165, 1.54) is 0 Å². The molecular formula is C7H10BrNOS. The lowest BCUT2D eigenvalue weighted by Gasteiger charge is -1.99. The van der Waals surface area contributed by atoms with Crippen molar-refractivity contribution in [2.75, 3.05) is 0 Å². The van der Waals surface area contributed by atoms with Crippen LogP contribution in [0.25, 0.3) is 0 Å². The van der Waals surface area contributed by atoms with E-state index in [1.807, 2.05) is 11.8 Å². The minimum absolute atomic E-state index is 0.626. The monoisotopic (exact) mass is 235 g/mol. The molecule has 62 valence electrons. The zero-order valence-electron chi connectivity index (χ0n) is 6.50. The molecule has 0 fully saturated rings. The fraction of sp³-hybridized carbons (Fsp3) is 0.571. The summed E-state index contributed by atoms with van der Waals surface area (Å²) in [6.45, 7) is 4.31. The van der Waals surface area contributed by atoms with Gasteiger partial charge in [0.1, 0.15) is 10.9 Å². The summed E-state index contributed by atoms with van der Waals surface area (Å²) >= 11 is 5.05. The van der Waals surface area contributed by atoms with E-state index in [2.05, 4.69) is 34.8 Å². The van der Waals surface area contributed by atoms with Gasteiger partial charge >= 0.3 is 0 Å². The Morgan fingerprint density at radius 2 is 2.45 bits per heavy atom. The van der Waals surface area contributed by atoms with Crippen molar-refractivity contribution in [2.45, 2.75) is 24.9 Å². The van der Waals surface area contributed by atoms with Crippen LogP contribution < -0.4 is 0 Å². The van der Waals surface area contributed by atoms with Crippen LogP contribution in [0.3, 0.4) is 0 Å². The Morgan fingerprint density at radius 3 is 2.91 bits per heavy atom. The minimum atomic E-state index is 0.626. The second-order valence-corrected chi connectivity index (χ2v) is 4.80. The Hall–Kier alpha value is 0.0400. The molecule has 4 heteroatoms. The van der Waals surface area contributed by atoms with E-state index in [0.717, 1.165) is 16.2 Å². The van der Waals surface area contributed by atoms with E-state index >= 15 is 0 Å². The van der Waals surface area contributed by atoms with Crippen LogP contribution >= 0.6 is 27.7 Å². The standard InChI is InChI=1S/C7H10BrNOS/c1-5(2)11-4-7-9-6(8)3-10-7/h3,5H,4H2,1-2H3. The van der Waals surface area contributed by atoms with Crippen LogP contribution in [-0.2, 0) is 5.75 Å². The largest absolute Gasteiger partial charge is 0.447 e. The summed E-state index contributed by atoms with van der Waals surface area (Å²) in [7, 11) is 0. The smallest absolute Gasteiger partial charge is 0.205 e. The van der Waals surface area contributed by atoms with Crippen molar-refractivity contribution in [3.63, 3.8) is 0 Å². The van der Waals surface area contributed by atoms with E-state index in [-0.39, 0.29) is 0 Å². The number of oxazole rings is 1. The first-order chi connectivity index (χ1) is 5.18. The lowest BCUT2D eigenvalue weighted by molar-refractivity contribution is 0.516. The Labute approximate surface area is 78.9 Å². The molecule has 0 aromatic carbocycles. The third-order valence-corrected chi connectivity index (χ3v) is 2.51. The fourth-order valence-corrected chi connectivity index (χ4v) is 1.49. The highest BCUT2D eigenvalue weighted by Crippen LogP contribution is 2.18. The molecule has 0 atom stereocenters. The van der Waals surface area contributed by atoms with Crippen LogP contribution in [0.2, 0.25) is 0 Å². The number of rotatable bonds is 3. The van der Waals surface area contributed by atoms with Crippen molar-refractivity contribution < 1.29 is 4.42 Å². The average Bonchev–Trinajstić information content (AvgIpc) is 2.31. The molecule has 0 aliphatic rings. The van der Waals surface area contributed by atoms with E-state index in [0.29, 0.717) is 5.25 Å². The van der Waals surface area contributed by atoms with Gasteiger partial charge in [-0.25, -0.2) is 4.98 Å². The zero-order chi connectivity index (χ0) is 8.27. The molecule has 0 bridgehead atoms. The molecule has 0 radical (unpaired) electrons. The summed E-state index contributed by atoms with van der Waals surface area (Å²) in [6, 6.07) is 0. The second kappa shape index (κ2) is 4.16. The van der Waals surface area contributed by atoms with Crippen molar-refractivity contribution in [1.82, 2.24) is 4.98 Å². The number of hydrogen-bond donors (Lipinski definition) is 0. The summed E-state index contributed by atoms with van der Waals surface area (Å²) < 4.78 is 5.91. The van der Waals surface area contributed by atoms with E-state index < -0.39 is 0 Å². The van der Waals surface area contributed by atoms with Gasteiger partial charge in [0.25, 0.3) is 0 Å². The first-order valence-corrected chi connectivity index (χ1v) is 5.24. The van der Waals surface area contributed by atoms with Crippen LogP contribution in [0.4, 0.5) is 0 Å². The van der Waals surface area contributed by atoms with Crippen molar-refractivity contribution in [1.29, 1.82) is 0 Å². The van der Waals surface area contributed by atoms with E-state index in [1.54, 1.807) is 6.26 Å². The van der Waals surface area contributed by atoms with Gasteiger partial charge in [-0.15, -0.1) is 11.8 Å². The quantitative estimate of drug-likeness (QED) is 0.806. The van der Waals surface area contributed by atoms with Gasteiger partial charge in [0.2, 0.25) is 5.89 Å². The first kappa shape index (κ1) is 9.13. The molecule has 0 aliphatic heterocycles. The molecule has 0 N–H and O–H groups in total. The molecule has 0 aliphatic carbocycles. The van der Waals surface area contributed by atoms with Gasteiger partial charge in [0.15, 0.2) is 0 Å². The minimum Gasteiger partial charge on any atom is -0.447 e. The molecule has 0 saturated heterocycles. The Morgan fingerprint density at radius 1 is 1.73 bits per heavy atom. The van der Waals surface area contributed by atoms with Crippen LogP contribution in [0, 0.1) is 0 Å². The van der Waals surface area contributed by atoms with Gasteiger partial charge in [-0.05, 0) is 21.2 Å². The normalized spacial score (nSPS) is 10.9. The molecule has 0 saturated carbocycles. The highest BCUT2D eigenvalue weighted by Gasteiger charge is 2.02. The molecule has 1 rings (SSSR count). The SMILES string of the molecule is CC(C)SCc1nc(Br)co1. The highest BCUT2D eigenvalue weighted by atomic mass is 79.9.